The molecule has 4 rings (SSSR count). The number of piperazine rings is 1. The van der Waals surface area contributed by atoms with Crippen LogP contribution in [0.3, 0.4) is 0 Å². The van der Waals surface area contributed by atoms with Gasteiger partial charge in [-0.3, -0.25) is 14.4 Å². The van der Waals surface area contributed by atoms with Crippen molar-refractivity contribution in [3.8, 4) is 11.3 Å². The Hall–Kier alpha value is -2.93. The summed E-state index contributed by atoms with van der Waals surface area (Å²) >= 11 is 0. The van der Waals surface area contributed by atoms with Gasteiger partial charge in [-0.1, -0.05) is 30.3 Å². The third-order valence-electron chi connectivity index (χ3n) is 5.48. The average molecular weight is 380 g/mol. The molecule has 146 valence electrons. The monoisotopic (exact) mass is 380 g/mol. The summed E-state index contributed by atoms with van der Waals surface area (Å²) in [4.78, 5) is 44.1. The van der Waals surface area contributed by atoms with Gasteiger partial charge in [0.15, 0.2) is 0 Å². The molecule has 1 atom stereocenters. The lowest BCUT2D eigenvalue weighted by molar-refractivity contribution is -0.135. The summed E-state index contributed by atoms with van der Waals surface area (Å²) < 4.78 is 0. The second-order valence-electron chi connectivity index (χ2n) is 7.29. The van der Waals surface area contributed by atoms with Gasteiger partial charge in [0.05, 0.1) is 6.54 Å². The van der Waals surface area contributed by atoms with Crippen molar-refractivity contribution in [1.29, 1.82) is 0 Å². The van der Waals surface area contributed by atoms with Crippen LogP contribution in [-0.2, 0) is 4.79 Å². The van der Waals surface area contributed by atoms with E-state index in [2.05, 4.69) is 10.3 Å². The van der Waals surface area contributed by atoms with E-state index in [-0.39, 0.29) is 29.0 Å². The molecule has 2 aromatic rings. The molecule has 1 aromatic heterocycles. The highest BCUT2D eigenvalue weighted by Crippen LogP contribution is 2.19. The Balaban J connectivity index is 1.51. The predicted octanol–water partition coefficient (Wildman–Crippen LogP) is 1.08. The van der Waals surface area contributed by atoms with E-state index < -0.39 is 0 Å². The first kappa shape index (κ1) is 18.4. The molecule has 0 spiro atoms. The molecule has 2 saturated heterocycles. The maximum absolute atomic E-state index is 13.0. The van der Waals surface area contributed by atoms with Crippen molar-refractivity contribution < 1.29 is 9.59 Å². The number of H-pyrrole nitrogens is 1. The number of pyridine rings is 1. The number of aromatic nitrogens is 1. The lowest BCUT2D eigenvalue weighted by atomic mass is 10.0. The number of nitrogens with zero attached hydrogens (tertiary/aromatic N) is 2. The van der Waals surface area contributed by atoms with Crippen molar-refractivity contribution in [3.63, 3.8) is 0 Å². The smallest absolute Gasteiger partial charge is 0.261 e. The molecule has 7 nitrogen and oxygen atoms in total. The van der Waals surface area contributed by atoms with Crippen molar-refractivity contribution in [2.45, 2.75) is 18.9 Å². The van der Waals surface area contributed by atoms with Crippen LogP contribution in [0.5, 0.6) is 0 Å². The number of piperidine rings is 1. The number of aromatic amines is 1. The summed E-state index contributed by atoms with van der Waals surface area (Å²) in [6.07, 6.45) is 1.71. The summed E-state index contributed by atoms with van der Waals surface area (Å²) in [6.45, 7) is 2.87. The zero-order valence-electron chi connectivity index (χ0n) is 15.7. The van der Waals surface area contributed by atoms with Gasteiger partial charge in [0.1, 0.15) is 5.56 Å². The minimum absolute atomic E-state index is 0.0231. The Morgan fingerprint density at radius 3 is 2.61 bits per heavy atom. The van der Waals surface area contributed by atoms with Crippen molar-refractivity contribution in [3.05, 3.63) is 58.4 Å². The molecular weight excluding hydrogens is 356 g/mol. The van der Waals surface area contributed by atoms with E-state index in [0.717, 1.165) is 24.9 Å². The number of carbonyl (C=O) groups is 2. The van der Waals surface area contributed by atoms with Gasteiger partial charge in [-0.05, 0) is 30.5 Å². The van der Waals surface area contributed by atoms with Crippen molar-refractivity contribution in [2.24, 2.45) is 0 Å². The molecule has 3 heterocycles. The Labute approximate surface area is 163 Å². The van der Waals surface area contributed by atoms with Crippen LogP contribution in [0.2, 0.25) is 0 Å². The quantitative estimate of drug-likeness (QED) is 0.834. The van der Waals surface area contributed by atoms with E-state index in [0.29, 0.717) is 31.9 Å². The molecule has 1 unspecified atom stereocenters. The van der Waals surface area contributed by atoms with Crippen LogP contribution >= 0.6 is 0 Å². The largest absolute Gasteiger partial charge is 0.336 e. The number of carbonyl (C=O) groups excluding carboxylic acids is 2. The predicted molar refractivity (Wildman–Crippen MR) is 106 cm³/mol. The number of amides is 2. The molecule has 7 heteroatoms. The normalized spacial score (nSPS) is 20.3. The third-order valence-corrected chi connectivity index (χ3v) is 5.48. The maximum atomic E-state index is 13.0. The molecule has 2 N–H and O–H groups in total. The van der Waals surface area contributed by atoms with Crippen molar-refractivity contribution in [1.82, 2.24) is 20.1 Å². The highest BCUT2D eigenvalue weighted by molar-refractivity contribution is 5.94. The first-order valence-corrected chi connectivity index (χ1v) is 9.71. The van der Waals surface area contributed by atoms with E-state index in [1.807, 2.05) is 35.2 Å². The van der Waals surface area contributed by atoms with Gasteiger partial charge in [-0.2, -0.15) is 0 Å². The van der Waals surface area contributed by atoms with Crippen LogP contribution in [0, 0.1) is 0 Å². The molecule has 2 fully saturated rings. The maximum Gasteiger partial charge on any atom is 0.261 e. The average Bonchev–Trinajstić information content (AvgIpc) is 2.74. The van der Waals surface area contributed by atoms with Gasteiger partial charge < -0.3 is 20.1 Å². The van der Waals surface area contributed by atoms with Gasteiger partial charge >= 0.3 is 0 Å². The molecule has 0 aliphatic carbocycles. The standard InChI is InChI=1S/C21H24N4O3/c26-19-13-22-10-12-25(19)16-7-4-11-24(14-16)21(28)17-8-9-18(23-20(17)27)15-5-2-1-3-6-15/h1-3,5-6,8-9,16,22H,4,7,10-14H2,(H,23,27). The van der Waals surface area contributed by atoms with E-state index in [1.165, 1.54) is 0 Å². The minimum Gasteiger partial charge on any atom is -0.336 e. The first-order chi connectivity index (χ1) is 13.6. The summed E-state index contributed by atoms with van der Waals surface area (Å²) in [6, 6.07) is 12.9. The SMILES string of the molecule is O=C(c1ccc(-c2ccccc2)[nH]c1=O)N1CCCC(N2CCNCC2=O)C1. The molecule has 2 aliphatic rings. The molecule has 2 aliphatic heterocycles. The number of likely N-dealkylation sites (tertiary alicyclic amines) is 1. The van der Waals surface area contributed by atoms with Crippen LogP contribution < -0.4 is 10.9 Å². The number of hydrogen-bond acceptors (Lipinski definition) is 4. The van der Waals surface area contributed by atoms with Gasteiger partial charge in [0.25, 0.3) is 11.5 Å². The summed E-state index contributed by atoms with van der Waals surface area (Å²) in [5.74, 6) is -0.191. The summed E-state index contributed by atoms with van der Waals surface area (Å²) in [5.41, 5.74) is 1.35. The van der Waals surface area contributed by atoms with E-state index in [1.54, 1.807) is 17.0 Å². The summed E-state index contributed by atoms with van der Waals surface area (Å²) in [7, 11) is 0. The van der Waals surface area contributed by atoms with Crippen LogP contribution in [0.4, 0.5) is 0 Å². The fourth-order valence-electron chi connectivity index (χ4n) is 4.00. The van der Waals surface area contributed by atoms with E-state index in [4.69, 9.17) is 0 Å². The second kappa shape index (κ2) is 7.98. The molecule has 1 aromatic carbocycles. The van der Waals surface area contributed by atoms with Crippen LogP contribution in [0.15, 0.2) is 47.3 Å². The zero-order chi connectivity index (χ0) is 19.5. The Kier molecular flexibility index (Phi) is 5.25. The molecular formula is C21H24N4O3. The van der Waals surface area contributed by atoms with Crippen LogP contribution in [-0.4, -0.2) is 65.4 Å². The van der Waals surface area contributed by atoms with Gasteiger partial charge in [-0.15, -0.1) is 0 Å². The van der Waals surface area contributed by atoms with Gasteiger partial charge in [0, 0.05) is 37.9 Å². The number of benzene rings is 1. The molecule has 2 amide bonds. The number of nitrogens with one attached hydrogen (secondary N) is 2. The highest BCUT2D eigenvalue weighted by atomic mass is 16.2. The van der Waals surface area contributed by atoms with Gasteiger partial charge in [0.2, 0.25) is 5.91 Å². The molecule has 0 radical (unpaired) electrons. The Morgan fingerprint density at radius 2 is 1.86 bits per heavy atom. The topological polar surface area (TPSA) is 85.5 Å². The van der Waals surface area contributed by atoms with Crippen LogP contribution in [0.25, 0.3) is 11.3 Å². The van der Waals surface area contributed by atoms with Crippen molar-refractivity contribution in [2.75, 3.05) is 32.7 Å². The fraction of sp³-hybridized carbons (Fsp3) is 0.381. The van der Waals surface area contributed by atoms with Gasteiger partial charge in [-0.25, -0.2) is 0 Å². The Bertz CT molecular complexity index is 925. The van der Waals surface area contributed by atoms with E-state index >= 15 is 0 Å². The lowest BCUT2D eigenvalue weighted by Crippen LogP contribution is -2.57. The Morgan fingerprint density at radius 1 is 1.04 bits per heavy atom. The molecule has 28 heavy (non-hydrogen) atoms. The van der Waals surface area contributed by atoms with Crippen LogP contribution in [0.1, 0.15) is 23.2 Å². The lowest BCUT2D eigenvalue weighted by Gasteiger charge is -2.41. The third kappa shape index (κ3) is 3.71. The fourth-order valence-corrected chi connectivity index (χ4v) is 4.00. The minimum atomic E-state index is -0.383. The number of rotatable bonds is 3. The van der Waals surface area contributed by atoms with Crippen molar-refractivity contribution >= 4 is 11.8 Å². The highest BCUT2D eigenvalue weighted by Gasteiger charge is 2.32. The number of hydrogen-bond donors (Lipinski definition) is 2. The molecule has 0 bridgehead atoms. The van der Waals surface area contributed by atoms with E-state index in [9.17, 15) is 14.4 Å². The zero-order valence-corrected chi connectivity index (χ0v) is 15.7. The first-order valence-electron chi connectivity index (χ1n) is 9.71. The second-order valence-corrected chi connectivity index (χ2v) is 7.29. The molecule has 0 saturated carbocycles. The summed E-state index contributed by atoms with van der Waals surface area (Å²) in [5, 5.41) is 3.07.